The Labute approximate surface area is 75.7 Å². The number of halogens is 1. The van der Waals surface area contributed by atoms with Gasteiger partial charge in [0.05, 0.1) is 4.58 Å². The standard InChI is InChI=1S/C4H7BrS2.2CH4/c5-3-4-6-1-2-7-4;;/h4H,1-3H2;2*1H4. The van der Waals surface area contributed by atoms with E-state index in [0.717, 1.165) is 9.91 Å². The average Bonchev–Trinajstić information content (AvgIpc) is 2.14. The lowest BCUT2D eigenvalue weighted by atomic mass is 11.0. The Morgan fingerprint density at radius 1 is 1.22 bits per heavy atom. The second-order valence-corrected chi connectivity index (χ2v) is 4.89. The number of hydrogen-bond donors (Lipinski definition) is 0. The Balaban J connectivity index is 0. The Morgan fingerprint density at radius 2 is 1.67 bits per heavy atom. The molecule has 9 heavy (non-hydrogen) atoms. The van der Waals surface area contributed by atoms with Crippen molar-refractivity contribution in [3.05, 3.63) is 0 Å². The van der Waals surface area contributed by atoms with E-state index in [1.54, 1.807) is 0 Å². The van der Waals surface area contributed by atoms with Crippen molar-refractivity contribution in [1.82, 2.24) is 0 Å². The first-order valence-electron chi connectivity index (χ1n) is 2.22. The van der Waals surface area contributed by atoms with E-state index in [0.29, 0.717) is 0 Å². The van der Waals surface area contributed by atoms with Gasteiger partial charge in [0.15, 0.2) is 0 Å². The number of rotatable bonds is 1. The first-order chi connectivity index (χ1) is 3.43. The van der Waals surface area contributed by atoms with Crippen molar-refractivity contribution in [3.8, 4) is 0 Å². The summed E-state index contributed by atoms with van der Waals surface area (Å²) in [4.78, 5) is 0. The maximum absolute atomic E-state index is 3.43. The summed E-state index contributed by atoms with van der Waals surface area (Å²) in [7, 11) is 0. The molecule has 0 N–H and O–H groups in total. The Kier molecular flexibility index (Phi) is 10.4. The molecule has 1 aliphatic heterocycles. The Morgan fingerprint density at radius 3 is 1.89 bits per heavy atom. The molecule has 1 heterocycles. The Hall–Kier alpha value is 1.18. The second kappa shape index (κ2) is 7.29. The van der Waals surface area contributed by atoms with E-state index in [1.165, 1.54) is 11.5 Å². The highest BCUT2D eigenvalue weighted by molar-refractivity contribution is 9.09. The maximum atomic E-state index is 3.43. The van der Waals surface area contributed by atoms with Gasteiger partial charge in [-0.3, -0.25) is 0 Å². The van der Waals surface area contributed by atoms with Crippen LogP contribution in [-0.4, -0.2) is 21.4 Å². The van der Waals surface area contributed by atoms with E-state index in [4.69, 9.17) is 0 Å². The van der Waals surface area contributed by atoms with Crippen LogP contribution in [0.25, 0.3) is 0 Å². The van der Waals surface area contributed by atoms with Crippen molar-refractivity contribution in [2.45, 2.75) is 19.4 Å². The minimum atomic E-state index is 0. The number of hydrogen-bond acceptors (Lipinski definition) is 2. The molecule has 3 heteroatoms. The summed E-state index contributed by atoms with van der Waals surface area (Å²) in [5, 5.41) is 1.16. The topological polar surface area (TPSA) is 0 Å². The predicted octanol–water partition coefficient (Wildman–Crippen LogP) is 3.46. The smallest absolute Gasteiger partial charge is 0.0599 e. The molecule has 0 spiro atoms. The van der Waals surface area contributed by atoms with Gasteiger partial charge in [0.25, 0.3) is 0 Å². The third-order valence-electron chi connectivity index (χ3n) is 0.817. The molecule has 58 valence electrons. The van der Waals surface area contributed by atoms with Gasteiger partial charge >= 0.3 is 0 Å². The normalized spacial score (nSPS) is 18.3. The molecule has 1 rings (SSSR count). The van der Waals surface area contributed by atoms with Crippen LogP contribution in [0.15, 0.2) is 0 Å². The van der Waals surface area contributed by atoms with Crippen LogP contribution in [0.4, 0.5) is 0 Å². The third-order valence-corrected chi connectivity index (χ3v) is 5.35. The molecular weight excluding hydrogens is 216 g/mol. The maximum Gasteiger partial charge on any atom is 0.0599 e. The zero-order chi connectivity index (χ0) is 5.11. The largest absolute Gasteiger partial charge is 0.146 e. The first kappa shape index (κ1) is 12.8. The van der Waals surface area contributed by atoms with Crippen LogP contribution in [0, 0.1) is 0 Å². The molecule has 0 aromatic rings. The van der Waals surface area contributed by atoms with Gasteiger partial charge in [-0.25, -0.2) is 0 Å². The fraction of sp³-hybridized carbons (Fsp3) is 1.00. The first-order valence-corrected chi connectivity index (χ1v) is 5.44. The zero-order valence-electron chi connectivity index (χ0n) is 3.89. The van der Waals surface area contributed by atoms with Gasteiger partial charge in [-0.1, -0.05) is 30.8 Å². The second-order valence-electron chi connectivity index (χ2n) is 1.33. The fourth-order valence-corrected chi connectivity index (χ4v) is 4.05. The summed E-state index contributed by atoms with van der Waals surface area (Å²) in [6, 6.07) is 0. The SMILES string of the molecule is BrCC1SCCS1.C.C. The minimum absolute atomic E-state index is 0. The fourth-order valence-electron chi connectivity index (χ4n) is 0.496. The average molecular weight is 231 g/mol. The van der Waals surface area contributed by atoms with E-state index < -0.39 is 0 Å². The molecule has 1 fully saturated rings. The van der Waals surface area contributed by atoms with Crippen LogP contribution < -0.4 is 0 Å². The molecule has 0 aliphatic carbocycles. The molecule has 0 atom stereocenters. The molecule has 0 aromatic heterocycles. The van der Waals surface area contributed by atoms with E-state index in [1.807, 2.05) is 0 Å². The number of thioether (sulfide) groups is 2. The van der Waals surface area contributed by atoms with Crippen LogP contribution in [0.5, 0.6) is 0 Å². The van der Waals surface area contributed by atoms with Crippen LogP contribution in [0.2, 0.25) is 0 Å². The van der Waals surface area contributed by atoms with Gasteiger partial charge in [0.2, 0.25) is 0 Å². The lowest BCUT2D eigenvalue weighted by Crippen LogP contribution is -1.89. The highest BCUT2D eigenvalue weighted by Gasteiger charge is 2.13. The molecule has 0 radical (unpaired) electrons. The van der Waals surface area contributed by atoms with Crippen LogP contribution in [0.1, 0.15) is 14.9 Å². The highest BCUT2D eigenvalue weighted by atomic mass is 79.9. The summed E-state index contributed by atoms with van der Waals surface area (Å²) >= 11 is 7.55. The summed E-state index contributed by atoms with van der Waals surface area (Å²) < 4.78 is 0.847. The monoisotopic (exact) mass is 230 g/mol. The summed E-state index contributed by atoms with van der Waals surface area (Å²) in [6.45, 7) is 0. The van der Waals surface area contributed by atoms with E-state index >= 15 is 0 Å². The van der Waals surface area contributed by atoms with Gasteiger partial charge in [-0.05, 0) is 0 Å². The lowest BCUT2D eigenvalue weighted by molar-refractivity contribution is 1.49. The molecule has 0 nitrogen and oxygen atoms in total. The summed E-state index contributed by atoms with van der Waals surface area (Å²) in [6.07, 6.45) is 0. The van der Waals surface area contributed by atoms with Crippen molar-refractivity contribution < 1.29 is 0 Å². The van der Waals surface area contributed by atoms with Crippen molar-refractivity contribution in [2.75, 3.05) is 16.8 Å². The van der Waals surface area contributed by atoms with Crippen molar-refractivity contribution >= 4 is 39.5 Å². The molecule has 1 aliphatic rings. The van der Waals surface area contributed by atoms with E-state index in [9.17, 15) is 0 Å². The highest BCUT2D eigenvalue weighted by Crippen LogP contribution is 2.32. The van der Waals surface area contributed by atoms with Gasteiger partial charge in [0.1, 0.15) is 0 Å². The Bertz CT molecular complexity index is 53.0. The molecular formula is C6H15BrS2. The quantitative estimate of drug-likeness (QED) is 0.634. The van der Waals surface area contributed by atoms with Crippen molar-refractivity contribution in [1.29, 1.82) is 0 Å². The van der Waals surface area contributed by atoms with Gasteiger partial charge in [-0.2, -0.15) is 0 Å². The molecule has 1 saturated heterocycles. The van der Waals surface area contributed by atoms with Crippen LogP contribution in [0.3, 0.4) is 0 Å². The molecule has 0 bridgehead atoms. The summed E-state index contributed by atoms with van der Waals surface area (Å²) in [5.74, 6) is 2.70. The lowest BCUT2D eigenvalue weighted by Gasteiger charge is -1.97. The van der Waals surface area contributed by atoms with E-state index in [-0.39, 0.29) is 14.9 Å². The third kappa shape index (κ3) is 4.57. The number of alkyl halides is 1. The van der Waals surface area contributed by atoms with Crippen LogP contribution in [-0.2, 0) is 0 Å². The molecule has 0 saturated carbocycles. The van der Waals surface area contributed by atoms with Crippen molar-refractivity contribution in [3.63, 3.8) is 0 Å². The van der Waals surface area contributed by atoms with Crippen LogP contribution >= 0.6 is 39.5 Å². The van der Waals surface area contributed by atoms with Gasteiger partial charge in [0, 0.05) is 16.8 Å². The zero-order valence-corrected chi connectivity index (χ0v) is 7.11. The van der Waals surface area contributed by atoms with Gasteiger partial charge < -0.3 is 0 Å². The molecule has 0 unspecified atom stereocenters. The summed E-state index contributed by atoms with van der Waals surface area (Å²) in [5.41, 5.74) is 0. The van der Waals surface area contributed by atoms with Crippen molar-refractivity contribution in [2.24, 2.45) is 0 Å². The van der Waals surface area contributed by atoms with E-state index in [2.05, 4.69) is 39.5 Å². The minimum Gasteiger partial charge on any atom is -0.146 e. The van der Waals surface area contributed by atoms with Gasteiger partial charge in [-0.15, -0.1) is 23.5 Å². The predicted molar refractivity (Wildman–Crippen MR) is 56.0 cm³/mol. The molecule has 0 amide bonds. The molecule has 0 aromatic carbocycles.